The SMILES string of the molecule is CCNC(c1ccccc1C1CCC1)c1cncn1C. The second-order valence-electron chi connectivity index (χ2n) is 5.68. The van der Waals surface area contributed by atoms with Gasteiger partial charge in [0.05, 0.1) is 24.3 Å². The van der Waals surface area contributed by atoms with Crippen molar-refractivity contribution in [3.05, 3.63) is 53.6 Å². The average molecular weight is 269 g/mol. The molecule has 3 nitrogen and oxygen atoms in total. The Morgan fingerprint density at radius 2 is 2.15 bits per heavy atom. The Bertz CT molecular complexity index is 569. The van der Waals surface area contributed by atoms with Crippen molar-refractivity contribution in [2.24, 2.45) is 7.05 Å². The third kappa shape index (κ3) is 2.38. The summed E-state index contributed by atoms with van der Waals surface area (Å²) in [5.74, 6) is 0.751. The molecular weight excluding hydrogens is 246 g/mol. The van der Waals surface area contributed by atoms with E-state index >= 15 is 0 Å². The Morgan fingerprint density at radius 1 is 1.35 bits per heavy atom. The van der Waals surface area contributed by atoms with Gasteiger partial charge in [0.2, 0.25) is 0 Å². The van der Waals surface area contributed by atoms with Crippen molar-refractivity contribution in [2.45, 2.75) is 38.1 Å². The average Bonchev–Trinajstić information content (AvgIpc) is 2.81. The van der Waals surface area contributed by atoms with Crippen LogP contribution in [0.2, 0.25) is 0 Å². The summed E-state index contributed by atoms with van der Waals surface area (Å²) in [5, 5.41) is 3.62. The fourth-order valence-electron chi connectivity index (χ4n) is 3.09. The minimum absolute atomic E-state index is 0.240. The van der Waals surface area contributed by atoms with Gasteiger partial charge in [0.1, 0.15) is 0 Å². The number of hydrogen-bond donors (Lipinski definition) is 1. The van der Waals surface area contributed by atoms with Crippen LogP contribution in [0.4, 0.5) is 0 Å². The van der Waals surface area contributed by atoms with Gasteiger partial charge >= 0.3 is 0 Å². The van der Waals surface area contributed by atoms with Crippen LogP contribution in [0.5, 0.6) is 0 Å². The number of hydrogen-bond acceptors (Lipinski definition) is 2. The van der Waals surface area contributed by atoms with Gasteiger partial charge in [-0.25, -0.2) is 4.98 Å². The third-order valence-electron chi connectivity index (χ3n) is 4.41. The summed E-state index contributed by atoms with van der Waals surface area (Å²) in [6.07, 6.45) is 7.90. The van der Waals surface area contributed by atoms with Crippen molar-refractivity contribution in [3.63, 3.8) is 0 Å². The Morgan fingerprint density at radius 3 is 2.75 bits per heavy atom. The highest BCUT2D eigenvalue weighted by Crippen LogP contribution is 2.40. The highest BCUT2D eigenvalue weighted by molar-refractivity contribution is 5.38. The van der Waals surface area contributed by atoms with Crippen LogP contribution in [0.1, 0.15) is 55.0 Å². The molecule has 1 heterocycles. The van der Waals surface area contributed by atoms with Gasteiger partial charge in [0.25, 0.3) is 0 Å². The first-order chi connectivity index (χ1) is 9.81. The van der Waals surface area contributed by atoms with E-state index in [1.54, 1.807) is 0 Å². The topological polar surface area (TPSA) is 29.9 Å². The van der Waals surface area contributed by atoms with Crippen LogP contribution >= 0.6 is 0 Å². The first-order valence-corrected chi connectivity index (χ1v) is 7.59. The molecule has 106 valence electrons. The highest BCUT2D eigenvalue weighted by atomic mass is 15.1. The molecule has 0 bridgehead atoms. The summed E-state index contributed by atoms with van der Waals surface area (Å²) < 4.78 is 2.12. The van der Waals surface area contributed by atoms with E-state index in [2.05, 4.69) is 53.1 Å². The summed E-state index contributed by atoms with van der Waals surface area (Å²) in [6.45, 7) is 3.12. The van der Waals surface area contributed by atoms with Gasteiger partial charge in [0, 0.05) is 7.05 Å². The van der Waals surface area contributed by atoms with Crippen molar-refractivity contribution in [2.75, 3.05) is 6.54 Å². The second-order valence-corrected chi connectivity index (χ2v) is 5.68. The fraction of sp³-hybridized carbons (Fsp3) is 0.471. The maximum Gasteiger partial charge on any atom is 0.0946 e. The van der Waals surface area contributed by atoms with Crippen LogP contribution in [0.15, 0.2) is 36.8 Å². The van der Waals surface area contributed by atoms with E-state index in [1.165, 1.54) is 36.1 Å². The lowest BCUT2D eigenvalue weighted by Gasteiger charge is -2.31. The van der Waals surface area contributed by atoms with Gasteiger partial charge in [-0.3, -0.25) is 0 Å². The van der Waals surface area contributed by atoms with E-state index in [0.29, 0.717) is 0 Å². The van der Waals surface area contributed by atoms with Gasteiger partial charge in [0.15, 0.2) is 0 Å². The van der Waals surface area contributed by atoms with E-state index < -0.39 is 0 Å². The predicted octanol–water partition coefficient (Wildman–Crippen LogP) is 3.39. The van der Waals surface area contributed by atoms with Gasteiger partial charge in [-0.05, 0) is 36.4 Å². The molecule has 3 rings (SSSR count). The number of benzene rings is 1. The lowest BCUT2D eigenvalue weighted by Crippen LogP contribution is -2.26. The molecule has 1 aromatic heterocycles. The lowest BCUT2D eigenvalue weighted by atomic mass is 9.77. The number of imidazole rings is 1. The van der Waals surface area contributed by atoms with Gasteiger partial charge in [-0.2, -0.15) is 0 Å². The summed E-state index contributed by atoms with van der Waals surface area (Å²) in [5.41, 5.74) is 4.17. The predicted molar refractivity (Wildman–Crippen MR) is 81.8 cm³/mol. The fourth-order valence-corrected chi connectivity index (χ4v) is 3.09. The number of nitrogens with zero attached hydrogens (tertiary/aromatic N) is 2. The molecule has 1 aromatic carbocycles. The zero-order valence-electron chi connectivity index (χ0n) is 12.3. The Kier molecular flexibility index (Phi) is 3.88. The first-order valence-electron chi connectivity index (χ1n) is 7.59. The van der Waals surface area contributed by atoms with Gasteiger partial charge in [-0.1, -0.05) is 37.6 Å². The maximum absolute atomic E-state index is 4.28. The van der Waals surface area contributed by atoms with Gasteiger partial charge < -0.3 is 9.88 Å². The number of nitrogens with one attached hydrogen (secondary N) is 1. The Labute approximate surface area is 121 Å². The van der Waals surface area contributed by atoms with Crippen LogP contribution in [-0.2, 0) is 7.05 Å². The standard InChI is InChI=1S/C17H23N3/c1-3-19-17(16-11-18-12-20(16)2)15-10-5-4-9-14(15)13-7-6-8-13/h4-5,9-13,17,19H,3,6-8H2,1-2H3. The molecule has 0 amide bonds. The molecular formula is C17H23N3. The number of aromatic nitrogens is 2. The summed E-state index contributed by atoms with van der Waals surface area (Å²) >= 11 is 0. The number of rotatable bonds is 5. The lowest BCUT2D eigenvalue weighted by molar-refractivity contribution is 0.413. The molecule has 1 saturated carbocycles. The van der Waals surface area contributed by atoms with E-state index in [4.69, 9.17) is 0 Å². The van der Waals surface area contributed by atoms with Crippen molar-refractivity contribution < 1.29 is 0 Å². The van der Waals surface area contributed by atoms with E-state index in [-0.39, 0.29) is 6.04 Å². The molecule has 1 unspecified atom stereocenters. The van der Waals surface area contributed by atoms with Crippen LogP contribution in [-0.4, -0.2) is 16.1 Å². The monoisotopic (exact) mass is 269 g/mol. The molecule has 1 aliphatic carbocycles. The van der Waals surface area contributed by atoms with E-state index in [9.17, 15) is 0 Å². The molecule has 3 heteroatoms. The summed E-state index contributed by atoms with van der Waals surface area (Å²) in [6, 6.07) is 9.14. The third-order valence-corrected chi connectivity index (χ3v) is 4.41. The highest BCUT2D eigenvalue weighted by Gasteiger charge is 2.26. The first kappa shape index (κ1) is 13.4. The van der Waals surface area contributed by atoms with Crippen LogP contribution < -0.4 is 5.32 Å². The summed E-state index contributed by atoms with van der Waals surface area (Å²) in [7, 11) is 2.07. The molecule has 0 saturated heterocycles. The van der Waals surface area contributed by atoms with Crippen molar-refractivity contribution in [1.29, 1.82) is 0 Å². The molecule has 0 aliphatic heterocycles. The molecule has 0 radical (unpaired) electrons. The van der Waals surface area contributed by atoms with E-state index in [1.807, 2.05) is 12.5 Å². The van der Waals surface area contributed by atoms with Crippen molar-refractivity contribution in [1.82, 2.24) is 14.9 Å². The van der Waals surface area contributed by atoms with Crippen LogP contribution in [0.3, 0.4) is 0 Å². The zero-order valence-corrected chi connectivity index (χ0v) is 12.3. The molecule has 1 atom stereocenters. The van der Waals surface area contributed by atoms with Crippen molar-refractivity contribution >= 4 is 0 Å². The molecule has 1 aliphatic rings. The molecule has 0 spiro atoms. The van der Waals surface area contributed by atoms with Crippen LogP contribution in [0, 0.1) is 0 Å². The van der Waals surface area contributed by atoms with E-state index in [0.717, 1.165) is 12.5 Å². The normalized spacial score (nSPS) is 16.9. The Balaban J connectivity index is 2.01. The van der Waals surface area contributed by atoms with Crippen LogP contribution in [0.25, 0.3) is 0 Å². The van der Waals surface area contributed by atoms with Crippen molar-refractivity contribution in [3.8, 4) is 0 Å². The zero-order chi connectivity index (χ0) is 13.9. The maximum atomic E-state index is 4.28. The molecule has 1 N–H and O–H groups in total. The van der Waals surface area contributed by atoms with Gasteiger partial charge in [-0.15, -0.1) is 0 Å². The molecule has 1 fully saturated rings. The smallest absolute Gasteiger partial charge is 0.0946 e. The quantitative estimate of drug-likeness (QED) is 0.901. The minimum Gasteiger partial charge on any atom is -0.336 e. The minimum atomic E-state index is 0.240. The molecule has 2 aromatic rings. The largest absolute Gasteiger partial charge is 0.336 e. The summed E-state index contributed by atoms with van der Waals surface area (Å²) in [4.78, 5) is 4.28. The molecule has 20 heavy (non-hydrogen) atoms. The number of aryl methyl sites for hydroxylation is 1. The second kappa shape index (κ2) is 5.80. The Hall–Kier alpha value is -1.61.